The molecular formula is C12H15FO3S. The Morgan fingerprint density at radius 3 is 2.76 bits per heavy atom. The van der Waals surface area contributed by atoms with Crippen molar-refractivity contribution in [1.29, 1.82) is 0 Å². The van der Waals surface area contributed by atoms with E-state index in [0.29, 0.717) is 11.3 Å². The lowest BCUT2D eigenvalue weighted by Gasteiger charge is -2.07. The summed E-state index contributed by atoms with van der Waals surface area (Å²) in [6, 6.07) is 3.82. The van der Waals surface area contributed by atoms with Crippen LogP contribution in [0.4, 0.5) is 4.39 Å². The van der Waals surface area contributed by atoms with Crippen LogP contribution in [0, 0.1) is 11.7 Å². The summed E-state index contributed by atoms with van der Waals surface area (Å²) in [4.78, 5) is 10.7. The first-order valence-corrected chi connectivity index (χ1v) is 6.39. The maximum atomic E-state index is 13.1. The molecule has 1 unspecified atom stereocenters. The highest BCUT2D eigenvalue weighted by Gasteiger charge is 2.07. The Morgan fingerprint density at radius 1 is 1.47 bits per heavy atom. The number of aliphatic hydroxyl groups excluding tert-OH is 1. The van der Waals surface area contributed by atoms with Gasteiger partial charge in [0.15, 0.2) is 0 Å². The fourth-order valence-corrected chi connectivity index (χ4v) is 2.32. The van der Waals surface area contributed by atoms with E-state index in [2.05, 4.69) is 0 Å². The molecule has 0 bridgehead atoms. The lowest BCUT2D eigenvalue weighted by atomic mass is 10.1. The van der Waals surface area contributed by atoms with Crippen LogP contribution in [0.3, 0.4) is 0 Å². The molecule has 1 atom stereocenters. The van der Waals surface area contributed by atoms with Gasteiger partial charge in [-0.05, 0) is 35.4 Å². The molecule has 94 valence electrons. The lowest BCUT2D eigenvalue weighted by molar-refractivity contribution is 0.0696. The quantitative estimate of drug-likeness (QED) is 0.822. The van der Waals surface area contributed by atoms with Crippen LogP contribution in [0.1, 0.15) is 22.8 Å². The summed E-state index contributed by atoms with van der Waals surface area (Å²) in [5.41, 5.74) is 0.619. The van der Waals surface area contributed by atoms with Crippen LogP contribution in [-0.2, 0) is 5.75 Å². The van der Waals surface area contributed by atoms with Crippen LogP contribution in [0.2, 0.25) is 0 Å². The number of thioether (sulfide) groups is 1. The van der Waals surface area contributed by atoms with Crippen molar-refractivity contribution in [3.05, 3.63) is 35.1 Å². The van der Waals surface area contributed by atoms with E-state index in [1.54, 1.807) is 11.8 Å². The Bertz CT molecular complexity index is 395. The lowest BCUT2D eigenvalue weighted by Crippen LogP contribution is -2.04. The molecule has 0 aliphatic heterocycles. The van der Waals surface area contributed by atoms with E-state index in [4.69, 9.17) is 10.2 Å². The standard InChI is InChI=1S/C12H15FO3S/c1-8(5-14)6-17-7-9-2-10(12(15)16)4-11(13)3-9/h2-4,8,14H,5-7H2,1H3,(H,15,16). The molecule has 0 aromatic heterocycles. The number of aromatic carboxylic acids is 1. The van der Waals surface area contributed by atoms with Gasteiger partial charge in [0.1, 0.15) is 5.82 Å². The minimum absolute atomic E-state index is 0.0317. The molecule has 0 spiro atoms. The second-order valence-corrected chi connectivity index (χ2v) is 4.99. The summed E-state index contributed by atoms with van der Waals surface area (Å²) in [7, 11) is 0. The van der Waals surface area contributed by atoms with Crippen LogP contribution >= 0.6 is 11.8 Å². The second-order valence-electron chi connectivity index (χ2n) is 3.96. The molecule has 1 aromatic carbocycles. The van der Waals surface area contributed by atoms with Crippen molar-refractivity contribution >= 4 is 17.7 Å². The number of aliphatic hydroxyl groups is 1. The fourth-order valence-electron chi connectivity index (χ4n) is 1.29. The number of hydrogen-bond donors (Lipinski definition) is 2. The number of hydrogen-bond acceptors (Lipinski definition) is 3. The van der Waals surface area contributed by atoms with Crippen molar-refractivity contribution in [3.63, 3.8) is 0 Å². The van der Waals surface area contributed by atoms with Gasteiger partial charge in [-0.25, -0.2) is 9.18 Å². The zero-order chi connectivity index (χ0) is 12.8. The van der Waals surface area contributed by atoms with E-state index in [1.807, 2.05) is 6.92 Å². The highest BCUT2D eigenvalue weighted by atomic mass is 32.2. The molecule has 2 N–H and O–H groups in total. The van der Waals surface area contributed by atoms with Gasteiger partial charge >= 0.3 is 5.97 Å². The molecule has 0 amide bonds. The van der Waals surface area contributed by atoms with Gasteiger partial charge in [0.25, 0.3) is 0 Å². The van der Waals surface area contributed by atoms with Crippen LogP contribution in [0.25, 0.3) is 0 Å². The van der Waals surface area contributed by atoms with E-state index < -0.39 is 11.8 Å². The molecule has 3 nitrogen and oxygen atoms in total. The number of halogens is 1. The molecule has 0 saturated heterocycles. The minimum atomic E-state index is -1.13. The summed E-state index contributed by atoms with van der Waals surface area (Å²) in [5.74, 6) is -0.166. The molecule has 0 aliphatic rings. The summed E-state index contributed by atoms with van der Waals surface area (Å²) < 4.78 is 13.1. The summed E-state index contributed by atoms with van der Waals surface area (Å²) in [6.45, 7) is 2.04. The van der Waals surface area contributed by atoms with Crippen molar-refractivity contribution in [1.82, 2.24) is 0 Å². The average molecular weight is 258 g/mol. The largest absolute Gasteiger partial charge is 0.478 e. The Labute approximate surface area is 104 Å². The van der Waals surface area contributed by atoms with Crippen LogP contribution in [0.15, 0.2) is 18.2 Å². The highest BCUT2D eigenvalue weighted by Crippen LogP contribution is 2.18. The normalized spacial score (nSPS) is 12.4. The van der Waals surface area contributed by atoms with E-state index in [1.165, 1.54) is 12.1 Å². The number of benzene rings is 1. The van der Waals surface area contributed by atoms with Crippen LogP contribution < -0.4 is 0 Å². The molecule has 0 aliphatic carbocycles. The Morgan fingerprint density at radius 2 is 2.18 bits per heavy atom. The first-order valence-electron chi connectivity index (χ1n) is 5.24. The first-order chi connectivity index (χ1) is 8.02. The minimum Gasteiger partial charge on any atom is -0.478 e. The molecule has 5 heteroatoms. The number of rotatable bonds is 6. The van der Waals surface area contributed by atoms with Crippen molar-refractivity contribution < 1.29 is 19.4 Å². The first kappa shape index (κ1) is 14.0. The summed E-state index contributed by atoms with van der Waals surface area (Å²) in [6.07, 6.45) is 0. The van der Waals surface area contributed by atoms with Gasteiger partial charge in [-0.2, -0.15) is 11.8 Å². The van der Waals surface area contributed by atoms with Crippen LogP contribution in [-0.4, -0.2) is 28.5 Å². The number of carbonyl (C=O) groups is 1. The predicted molar refractivity (Wildman–Crippen MR) is 65.8 cm³/mol. The molecule has 0 radical (unpaired) electrons. The van der Waals surface area contributed by atoms with Crippen molar-refractivity contribution in [2.24, 2.45) is 5.92 Å². The zero-order valence-electron chi connectivity index (χ0n) is 9.52. The third-order valence-corrected chi connectivity index (χ3v) is 3.53. The van der Waals surface area contributed by atoms with E-state index in [-0.39, 0.29) is 18.1 Å². The van der Waals surface area contributed by atoms with Gasteiger partial charge in [-0.3, -0.25) is 0 Å². The van der Waals surface area contributed by atoms with Crippen molar-refractivity contribution in [2.75, 3.05) is 12.4 Å². The van der Waals surface area contributed by atoms with Crippen LogP contribution in [0.5, 0.6) is 0 Å². The Kier molecular flexibility index (Phi) is 5.44. The van der Waals surface area contributed by atoms with Gasteiger partial charge in [-0.1, -0.05) is 6.92 Å². The topological polar surface area (TPSA) is 57.5 Å². The van der Waals surface area contributed by atoms with Gasteiger partial charge < -0.3 is 10.2 Å². The van der Waals surface area contributed by atoms with E-state index in [9.17, 15) is 9.18 Å². The summed E-state index contributed by atoms with van der Waals surface area (Å²) in [5, 5.41) is 17.6. The maximum absolute atomic E-state index is 13.1. The zero-order valence-corrected chi connectivity index (χ0v) is 10.3. The van der Waals surface area contributed by atoms with Gasteiger partial charge in [0, 0.05) is 12.4 Å². The number of carboxylic acid groups (broad SMARTS) is 1. The van der Waals surface area contributed by atoms with Gasteiger partial charge in [0.2, 0.25) is 0 Å². The van der Waals surface area contributed by atoms with E-state index >= 15 is 0 Å². The third kappa shape index (κ3) is 4.75. The molecule has 17 heavy (non-hydrogen) atoms. The monoisotopic (exact) mass is 258 g/mol. The third-order valence-electron chi connectivity index (χ3n) is 2.19. The molecule has 0 fully saturated rings. The fraction of sp³-hybridized carbons (Fsp3) is 0.417. The molecular weight excluding hydrogens is 243 g/mol. The Balaban J connectivity index is 2.62. The average Bonchev–Trinajstić information content (AvgIpc) is 2.28. The molecule has 1 rings (SSSR count). The van der Waals surface area contributed by atoms with Crippen molar-refractivity contribution in [3.8, 4) is 0 Å². The smallest absolute Gasteiger partial charge is 0.335 e. The van der Waals surface area contributed by atoms with Gasteiger partial charge in [-0.15, -0.1) is 0 Å². The second kappa shape index (κ2) is 6.61. The number of carboxylic acids is 1. The van der Waals surface area contributed by atoms with Crippen molar-refractivity contribution in [2.45, 2.75) is 12.7 Å². The molecule has 0 heterocycles. The molecule has 0 saturated carbocycles. The SMILES string of the molecule is CC(CO)CSCc1cc(F)cc(C(=O)O)c1. The van der Waals surface area contributed by atoms with Gasteiger partial charge in [0.05, 0.1) is 5.56 Å². The Hall–Kier alpha value is -1.07. The summed E-state index contributed by atoms with van der Waals surface area (Å²) >= 11 is 1.55. The molecule has 1 aromatic rings. The maximum Gasteiger partial charge on any atom is 0.335 e. The van der Waals surface area contributed by atoms with E-state index in [0.717, 1.165) is 11.8 Å². The predicted octanol–water partition coefficient (Wildman–Crippen LogP) is 2.39. The highest BCUT2D eigenvalue weighted by molar-refractivity contribution is 7.98.